The van der Waals surface area contributed by atoms with Crippen molar-refractivity contribution in [3.63, 3.8) is 0 Å². The maximum Gasteiger partial charge on any atom is 0.254 e. The number of hydrogen-bond acceptors (Lipinski definition) is 5. The van der Waals surface area contributed by atoms with Crippen LogP contribution in [0.5, 0.6) is 17.2 Å². The van der Waals surface area contributed by atoms with Crippen molar-refractivity contribution in [2.24, 2.45) is 0 Å². The molecule has 1 aliphatic rings. The van der Waals surface area contributed by atoms with Crippen molar-refractivity contribution in [1.82, 2.24) is 4.90 Å². The number of methoxy groups -OCH3 is 1. The molecule has 2 aromatic rings. The number of hydrogen-bond donors (Lipinski definition) is 0. The average Bonchev–Trinajstić information content (AvgIpc) is 2.64. The summed E-state index contributed by atoms with van der Waals surface area (Å²) in [5, 5.41) is 0. The summed E-state index contributed by atoms with van der Waals surface area (Å²) in [7, 11) is 4.72. The Kier molecular flexibility index (Phi) is 4.58. The van der Waals surface area contributed by atoms with Crippen molar-refractivity contribution in [3.8, 4) is 17.2 Å². The second-order valence-electron chi connectivity index (χ2n) is 5.93. The van der Waals surface area contributed by atoms with E-state index in [1.807, 2.05) is 0 Å². The van der Waals surface area contributed by atoms with Gasteiger partial charge in [-0.2, -0.15) is 0 Å². The molecule has 0 radical (unpaired) electrons. The zero-order valence-corrected chi connectivity index (χ0v) is 14.6. The fourth-order valence-electron chi connectivity index (χ4n) is 2.65. The van der Waals surface area contributed by atoms with Crippen LogP contribution in [0.4, 0.5) is 0 Å². The lowest BCUT2D eigenvalue weighted by atomic mass is 9.89. The standard InChI is InChI=1S/C20H17NO5/c1-21(2)20(24)16-11-14(26-13-6-4-12(25-3)5-7-13)10-15-17(22)8-9-18(23)19(15)16/h4-11H,1-3H3. The van der Waals surface area contributed by atoms with E-state index in [2.05, 4.69) is 0 Å². The largest absolute Gasteiger partial charge is 0.497 e. The molecule has 6 nitrogen and oxygen atoms in total. The van der Waals surface area contributed by atoms with E-state index in [-0.39, 0.29) is 34.2 Å². The lowest BCUT2D eigenvalue weighted by molar-refractivity contribution is 0.0821. The molecule has 0 saturated heterocycles. The molecule has 26 heavy (non-hydrogen) atoms. The van der Waals surface area contributed by atoms with E-state index in [0.29, 0.717) is 17.2 Å². The molecule has 1 aliphatic carbocycles. The molecule has 0 saturated carbocycles. The number of benzene rings is 2. The molecule has 132 valence electrons. The number of nitrogens with zero attached hydrogens (tertiary/aromatic N) is 1. The van der Waals surface area contributed by atoms with Crippen molar-refractivity contribution in [3.05, 3.63) is 65.2 Å². The molecular weight excluding hydrogens is 334 g/mol. The molecule has 0 atom stereocenters. The SMILES string of the molecule is COc1ccc(Oc2cc3c(c(C(=O)N(C)C)c2)C(=O)C=CC3=O)cc1. The van der Waals surface area contributed by atoms with Crippen LogP contribution in [-0.4, -0.2) is 43.6 Å². The van der Waals surface area contributed by atoms with E-state index in [0.717, 1.165) is 0 Å². The highest BCUT2D eigenvalue weighted by molar-refractivity contribution is 6.25. The first-order valence-electron chi connectivity index (χ1n) is 7.89. The molecule has 0 aliphatic heterocycles. The summed E-state index contributed by atoms with van der Waals surface area (Å²) in [6.45, 7) is 0. The Bertz CT molecular complexity index is 926. The molecule has 0 N–H and O–H groups in total. The molecular formula is C20H17NO5. The first kappa shape index (κ1) is 17.4. The summed E-state index contributed by atoms with van der Waals surface area (Å²) in [5.74, 6) is 0.401. The van der Waals surface area contributed by atoms with E-state index in [1.165, 1.54) is 29.2 Å². The van der Waals surface area contributed by atoms with Crippen LogP contribution in [0.25, 0.3) is 0 Å². The number of carbonyl (C=O) groups excluding carboxylic acids is 3. The predicted molar refractivity (Wildman–Crippen MR) is 95.3 cm³/mol. The van der Waals surface area contributed by atoms with Gasteiger partial charge >= 0.3 is 0 Å². The highest BCUT2D eigenvalue weighted by atomic mass is 16.5. The first-order chi connectivity index (χ1) is 12.4. The van der Waals surface area contributed by atoms with Crippen LogP contribution in [0, 0.1) is 0 Å². The quantitative estimate of drug-likeness (QED) is 0.846. The van der Waals surface area contributed by atoms with Crippen molar-refractivity contribution >= 4 is 17.5 Å². The van der Waals surface area contributed by atoms with E-state index in [9.17, 15) is 14.4 Å². The fraction of sp³-hybridized carbons (Fsp3) is 0.150. The summed E-state index contributed by atoms with van der Waals surface area (Å²) in [6, 6.07) is 9.84. The van der Waals surface area contributed by atoms with Crippen molar-refractivity contribution in [1.29, 1.82) is 0 Å². The second-order valence-corrected chi connectivity index (χ2v) is 5.93. The number of ketones is 2. The number of carbonyl (C=O) groups is 3. The van der Waals surface area contributed by atoms with E-state index < -0.39 is 0 Å². The molecule has 0 aromatic heterocycles. The van der Waals surface area contributed by atoms with Gasteiger partial charge < -0.3 is 14.4 Å². The number of ether oxygens (including phenoxy) is 2. The maximum absolute atomic E-state index is 12.5. The van der Waals surface area contributed by atoms with Gasteiger partial charge in [-0.15, -0.1) is 0 Å². The summed E-state index contributed by atoms with van der Waals surface area (Å²) < 4.78 is 10.9. The maximum atomic E-state index is 12.5. The van der Waals surface area contributed by atoms with Gasteiger partial charge in [-0.1, -0.05) is 0 Å². The predicted octanol–water partition coefficient (Wildman–Crippen LogP) is 3.12. The zero-order chi connectivity index (χ0) is 18.8. The molecule has 0 spiro atoms. The van der Waals surface area contributed by atoms with Crippen LogP contribution in [0.2, 0.25) is 0 Å². The first-order valence-corrected chi connectivity index (χ1v) is 7.89. The Morgan fingerprint density at radius 1 is 0.885 bits per heavy atom. The van der Waals surface area contributed by atoms with E-state index >= 15 is 0 Å². The van der Waals surface area contributed by atoms with Crippen LogP contribution in [0.15, 0.2) is 48.6 Å². The van der Waals surface area contributed by atoms with Crippen LogP contribution in [-0.2, 0) is 0 Å². The Morgan fingerprint density at radius 3 is 2.12 bits per heavy atom. The summed E-state index contributed by atoms with van der Waals surface area (Å²) in [6.07, 6.45) is 2.38. The van der Waals surface area contributed by atoms with Crippen LogP contribution in [0.3, 0.4) is 0 Å². The Hall–Kier alpha value is -3.41. The highest BCUT2D eigenvalue weighted by Gasteiger charge is 2.27. The zero-order valence-electron chi connectivity index (χ0n) is 14.6. The van der Waals surface area contributed by atoms with Gasteiger partial charge in [-0.25, -0.2) is 0 Å². The van der Waals surface area contributed by atoms with Gasteiger partial charge in [0.25, 0.3) is 5.91 Å². The van der Waals surface area contributed by atoms with E-state index in [1.54, 1.807) is 45.5 Å². The van der Waals surface area contributed by atoms with Crippen molar-refractivity contribution < 1.29 is 23.9 Å². The molecule has 0 unspecified atom stereocenters. The lowest BCUT2D eigenvalue weighted by Gasteiger charge is -2.18. The van der Waals surface area contributed by atoms with Crippen LogP contribution in [0.1, 0.15) is 31.1 Å². The van der Waals surface area contributed by atoms with E-state index in [4.69, 9.17) is 9.47 Å². The number of allylic oxidation sites excluding steroid dienone is 2. The third-order valence-electron chi connectivity index (χ3n) is 3.94. The summed E-state index contributed by atoms with van der Waals surface area (Å²) >= 11 is 0. The van der Waals surface area contributed by atoms with Crippen molar-refractivity contribution in [2.45, 2.75) is 0 Å². The van der Waals surface area contributed by atoms with Gasteiger partial charge in [0.1, 0.15) is 17.2 Å². The van der Waals surface area contributed by atoms with Gasteiger partial charge in [0.05, 0.1) is 12.7 Å². The molecule has 0 bridgehead atoms. The second kappa shape index (κ2) is 6.84. The minimum absolute atomic E-state index is 0.110. The third-order valence-corrected chi connectivity index (χ3v) is 3.94. The van der Waals surface area contributed by atoms with Gasteiger partial charge in [0.15, 0.2) is 11.6 Å². The molecule has 6 heteroatoms. The average molecular weight is 351 g/mol. The lowest BCUT2D eigenvalue weighted by Crippen LogP contribution is -2.26. The smallest absolute Gasteiger partial charge is 0.254 e. The third kappa shape index (κ3) is 3.21. The van der Waals surface area contributed by atoms with Gasteiger partial charge in [-0.3, -0.25) is 14.4 Å². The molecule has 2 aromatic carbocycles. The minimum atomic E-state index is -0.377. The number of amides is 1. The summed E-state index contributed by atoms with van der Waals surface area (Å²) in [4.78, 5) is 38.4. The topological polar surface area (TPSA) is 72.9 Å². The molecule has 1 amide bonds. The van der Waals surface area contributed by atoms with Gasteiger partial charge in [0, 0.05) is 25.2 Å². The Morgan fingerprint density at radius 2 is 1.50 bits per heavy atom. The van der Waals surface area contributed by atoms with Gasteiger partial charge in [0.2, 0.25) is 0 Å². The van der Waals surface area contributed by atoms with Crippen molar-refractivity contribution in [2.75, 3.05) is 21.2 Å². The normalized spacial score (nSPS) is 12.6. The Labute approximate surface area is 150 Å². The van der Waals surface area contributed by atoms with Crippen LogP contribution >= 0.6 is 0 Å². The fourth-order valence-corrected chi connectivity index (χ4v) is 2.65. The molecule has 0 fully saturated rings. The monoisotopic (exact) mass is 351 g/mol. The highest BCUT2D eigenvalue weighted by Crippen LogP contribution is 2.31. The number of fused-ring (bicyclic) bond motifs is 1. The summed E-state index contributed by atoms with van der Waals surface area (Å²) in [5.41, 5.74) is 0.408. The number of rotatable bonds is 4. The van der Waals surface area contributed by atoms with Crippen LogP contribution < -0.4 is 9.47 Å². The Balaban J connectivity index is 2.08. The minimum Gasteiger partial charge on any atom is -0.497 e. The molecule has 3 rings (SSSR count). The molecule has 0 heterocycles. The van der Waals surface area contributed by atoms with Gasteiger partial charge in [-0.05, 0) is 48.6 Å².